The van der Waals surface area contributed by atoms with Crippen LogP contribution >= 0.6 is 0 Å². The van der Waals surface area contributed by atoms with Gasteiger partial charge in [0.2, 0.25) is 0 Å². The van der Waals surface area contributed by atoms with E-state index >= 15 is 0 Å². The number of ether oxygens (including phenoxy) is 6. The second kappa shape index (κ2) is 39.4. The van der Waals surface area contributed by atoms with E-state index in [9.17, 15) is 45.3 Å². The number of hydrogen-bond donors (Lipinski definition) is 7. The lowest BCUT2D eigenvalue weighted by atomic mass is 9.98. The minimum absolute atomic E-state index is 0.152. The highest BCUT2D eigenvalue weighted by Gasteiger charge is 2.47. The lowest BCUT2D eigenvalue weighted by Crippen LogP contribution is -2.61. The molecule has 0 bridgehead atoms. The van der Waals surface area contributed by atoms with E-state index in [-0.39, 0.29) is 26.1 Å². The van der Waals surface area contributed by atoms with E-state index in [0.29, 0.717) is 12.8 Å². The topological polar surface area (TPSA) is 231 Å². The van der Waals surface area contributed by atoms with Gasteiger partial charge in [0.05, 0.1) is 19.8 Å². The van der Waals surface area contributed by atoms with Gasteiger partial charge in [-0.1, -0.05) is 159 Å². The van der Waals surface area contributed by atoms with Crippen molar-refractivity contribution >= 4 is 11.9 Å². The molecule has 390 valence electrons. The second-order valence-electron chi connectivity index (χ2n) is 18.4. The molecule has 7 N–H and O–H groups in total. The van der Waals surface area contributed by atoms with Gasteiger partial charge in [0.15, 0.2) is 18.7 Å². The fraction of sp³-hybridized carbons (Fsp3) is 0.846. The molecule has 2 aliphatic heterocycles. The zero-order valence-corrected chi connectivity index (χ0v) is 41.1. The van der Waals surface area contributed by atoms with Crippen LogP contribution in [0.1, 0.15) is 187 Å². The highest BCUT2D eigenvalue weighted by Crippen LogP contribution is 2.26. The van der Waals surface area contributed by atoms with Gasteiger partial charge in [-0.2, -0.15) is 0 Å². The molecule has 67 heavy (non-hydrogen) atoms. The molecule has 0 saturated carbocycles. The molecule has 0 aromatic rings. The van der Waals surface area contributed by atoms with Crippen molar-refractivity contribution in [2.45, 2.75) is 255 Å². The zero-order chi connectivity index (χ0) is 48.9. The number of unbranched alkanes of at least 4 members (excludes halogenated alkanes) is 20. The first-order chi connectivity index (χ1) is 32.5. The van der Waals surface area contributed by atoms with Gasteiger partial charge in [-0.05, 0) is 51.4 Å². The van der Waals surface area contributed by atoms with Crippen LogP contribution in [0.5, 0.6) is 0 Å². The van der Waals surface area contributed by atoms with Crippen molar-refractivity contribution in [1.29, 1.82) is 0 Å². The molecule has 2 fully saturated rings. The van der Waals surface area contributed by atoms with E-state index in [4.69, 9.17) is 28.4 Å². The Balaban J connectivity index is 1.80. The van der Waals surface area contributed by atoms with Crippen LogP contribution in [0.15, 0.2) is 36.5 Å². The minimum atomic E-state index is -1.77. The van der Waals surface area contributed by atoms with Crippen molar-refractivity contribution in [1.82, 2.24) is 0 Å². The highest BCUT2D eigenvalue weighted by atomic mass is 16.7. The quantitative estimate of drug-likeness (QED) is 0.0181. The maximum absolute atomic E-state index is 13.0. The Hall–Kier alpha value is -2.28. The maximum Gasteiger partial charge on any atom is 0.306 e. The van der Waals surface area contributed by atoms with Gasteiger partial charge in [-0.25, -0.2) is 0 Å². The van der Waals surface area contributed by atoms with Gasteiger partial charge >= 0.3 is 11.9 Å². The standard InChI is InChI=1S/C52H92O15/c1-3-5-7-9-11-13-15-17-18-19-20-21-22-23-25-27-29-31-33-35-44(55)65-40(37-62-43(54)34-32-30-28-26-24-16-14-12-10-8-6-4-2)38-63-51-50(61)48(59)46(57)42(67-51)39-64-52-49(60)47(58)45(56)41(36-53)66-52/h11,13,17-18,20-21,40-42,45-53,56-61H,3-10,12,14-16,19,22-39H2,1-2H3/b13-11-,18-17-,21-20-. The van der Waals surface area contributed by atoms with Gasteiger partial charge in [0.1, 0.15) is 55.4 Å². The van der Waals surface area contributed by atoms with E-state index in [1.165, 1.54) is 77.0 Å². The Morgan fingerprint density at radius 1 is 0.478 bits per heavy atom. The number of rotatable bonds is 40. The molecule has 0 amide bonds. The molecule has 2 aliphatic rings. The molecule has 0 spiro atoms. The van der Waals surface area contributed by atoms with Gasteiger partial charge in [-0.15, -0.1) is 0 Å². The largest absolute Gasteiger partial charge is 0.462 e. The molecule has 0 aromatic heterocycles. The minimum Gasteiger partial charge on any atom is -0.462 e. The number of hydrogen-bond acceptors (Lipinski definition) is 15. The van der Waals surface area contributed by atoms with E-state index in [2.05, 4.69) is 50.3 Å². The van der Waals surface area contributed by atoms with E-state index in [0.717, 1.165) is 70.6 Å². The van der Waals surface area contributed by atoms with Crippen LogP contribution in [0.4, 0.5) is 0 Å². The summed E-state index contributed by atoms with van der Waals surface area (Å²) in [5.41, 5.74) is 0. The molecule has 0 aliphatic carbocycles. The summed E-state index contributed by atoms with van der Waals surface area (Å²) in [5, 5.41) is 72.1. The first-order valence-corrected chi connectivity index (χ1v) is 26.1. The van der Waals surface area contributed by atoms with Crippen molar-refractivity contribution in [3.8, 4) is 0 Å². The summed E-state index contributed by atoms with van der Waals surface area (Å²) >= 11 is 0. The summed E-state index contributed by atoms with van der Waals surface area (Å²) in [6, 6.07) is 0. The first-order valence-electron chi connectivity index (χ1n) is 26.1. The van der Waals surface area contributed by atoms with Crippen molar-refractivity contribution in [3.63, 3.8) is 0 Å². The molecule has 15 nitrogen and oxygen atoms in total. The number of aliphatic hydroxyl groups excluding tert-OH is 7. The average Bonchev–Trinajstić information content (AvgIpc) is 3.32. The fourth-order valence-electron chi connectivity index (χ4n) is 8.05. The maximum atomic E-state index is 13.0. The number of carbonyl (C=O) groups is 2. The van der Waals surface area contributed by atoms with Crippen LogP contribution < -0.4 is 0 Å². The Kier molecular flexibility index (Phi) is 35.8. The van der Waals surface area contributed by atoms with Gasteiger partial charge < -0.3 is 64.2 Å². The number of esters is 2. The molecular formula is C52H92O15. The predicted molar refractivity (Wildman–Crippen MR) is 257 cm³/mol. The molecule has 11 unspecified atom stereocenters. The first kappa shape index (κ1) is 60.8. The Labute approximate surface area is 402 Å². The highest BCUT2D eigenvalue weighted by molar-refractivity contribution is 5.70. The Morgan fingerprint density at radius 2 is 0.896 bits per heavy atom. The molecular weight excluding hydrogens is 865 g/mol. The summed E-state index contributed by atoms with van der Waals surface area (Å²) in [6.07, 6.45) is 24.5. The Bertz CT molecular complexity index is 1310. The third-order valence-electron chi connectivity index (χ3n) is 12.4. The van der Waals surface area contributed by atoms with Crippen LogP contribution in [0.25, 0.3) is 0 Å². The predicted octanol–water partition coefficient (Wildman–Crippen LogP) is 7.32. The molecule has 2 rings (SSSR count). The molecule has 2 heterocycles. The molecule has 11 atom stereocenters. The van der Waals surface area contributed by atoms with Crippen LogP contribution in [0, 0.1) is 0 Å². The van der Waals surface area contributed by atoms with E-state index in [1.807, 2.05) is 0 Å². The van der Waals surface area contributed by atoms with Crippen molar-refractivity contribution in [2.24, 2.45) is 0 Å². The summed E-state index contributed by atoms with van der Waals surface area (Å²) in [6.45, 7) is 2.55. The molecule has 15 heteroatoms. The number of aliphatic hydroxyl groups is 7. The van der Waals surface area contributed by atoms with Crippen LogP contribution in [-0.4, -0.2) is 142 Å². The van der Waals surface area contributed by atoms with Crippen molar-refractivity contribution in [2.75, 3.05) is 26.4 Å². The van der Waals surface area contributed by atoms with Gasteiger partial charge in [0.25, 0.3) is 0 Å². The van der Waals surface area contributed by atoms with Gasteiger partial charge in [-0.3, -0.25) is 9.59 Å². The molecule has 2 saturated heterocycles. The summed E-state index contributed by atoms with van der Waals surface area (Å²) in [7, 11) is 0. The summed E-state index contributed by atoms with van der Waals surface area (Å²) in [5.74, 6) is -0.936. The van der Waals surface area contributed by atoms with Crippen LogP contribution in [-0.2, 0) is 38.0 Å². The van der Waals surface area contributed by atoms with Crippen molar-refractivity contribution in [3.05, 3.63) is 36.5 Å². The zero-order valence-electron chi connectivity index (χ0n) is 41.1. The summed E-state index contributed by atoms with van der Waals surface area (Å²) < 4.78 is 33.6. The smallest absolute Gasteiger partial charge is 0.306 e. The fourth-order valence-corrected chi connectivity index (χ4v) is 8.05. The lowest BCUT2D eigenvalue weighted by molar-refractivity contribution is -0.332. The van der Waals surface area contributed by atoms with Crippen LogP contribution in [0.2, 0.25) is 0 Å². The Morgan fingerprint density at radius 3 is 1.43 bits per heavy atom. The van der Waals surface area contributed by atoms with E-state index in [1.54, 1.807) is 0 Å². The normalized spacial score (nSPS) is 26.2. The van der Waals surface area contributed by atoms with Crippen molar-refractivity contribution < 1.29 is 73.8 Å². The third kappa shape index (κ3) is 27.6. The molecule has 0 radical (unpaired) electrons. The monoisotopic (exact) mass is 957 g/mol. The number of allylic oxidation sites excluding steroid dienone is 6. The van der Waals surface area contributed by atoms with Crippen LogP contribution in [0.3, 0.4) is 0 Å². The van der Waals surface area contributed by atoms with E-state index < -0.39 is 92.7 Å². The third-order valence-corrected chi connectivity index (χ3v) is 12.4. The average molecular weight is 957 g/mol. The molecule has 0 aromatic carbocycles. The SMILES string of the molecule is CCCCC/C=C\C/C=C\C/C=C\CCCCCCCCC(=O)OC(COC(=O)CCCCCCCCCCCCCC)COC1OC(COC2OC(CO)C(O)C(O)C2O)C(O)C(O)C1O. The summed E-state index contributed by atoms with van der Waals surface area (Å²) in [4.78, 5) is 25.7. The lowest BCUT2D eigenvalue weighted by Gasteiger charge is -2.42. The number of carbonyl (C=O) groups excluding carboxylic acids is 2. The second-order valence-corrected chi connectivity index (χ2v) is 18.4. The van der Waals surface area contributed by atoms with Gasteiger partial charge in [0, 0.05) is 12.8 Å².